The smallest absolute Gasteiger partial charge is 0.255 e. The first-order chi connectivity index (χ1) is 6.09. The Hall–Kier alpha value is -0.390. The summed E-state index contributed by atoms with van der Waals surface area (Å²) in [6.45, 7) is 0. The highest BCUT2D eigenvalue weighted by atomic mass is 35.5. The summed E-state index contributed by atoms with van der Waals surface area (Å²) in [5.74, 6) is 0. The summed E-state index contributed by atoms with van der Waals surface area (Å²) in [5, 5.41) is 16.8. The molecule has 0 heterocycles. The summed E-state index contributed by atoms with van der Waals surface area (Å²) in [6, 6.07) is 4.72. The molecule has 2 N–H and O–H groups in total. The van der Waals surface area contributed by atoms with Crippen molar-refractivity contribution in [2.24, 2.45) is 4.36 Å². The Morgan fingerprint density at radius 1 is 1.23 bits per heavy atom. The van der Waals surface area contributed by atoms with Crippen molar-refractivity contribution >= 4 is 45.3 Å². The van der Waals surface area contributed by atoms with Gasteiger partial charge in [-0.2, -0.15) is 4.36 Å². The standard InChI is InChI=1S/C7H5Cl2NO2S/c8-5-2-1-4(3-6(5)9)10-13-7(11)12/h1-3,11-12H. The van der Waals surface area contributed by atoms with Crippen LogP contribution in [0.2, 0.25) is 10.0 Å². The van der Waals surface area contributed by atoms with Crippen molar-refractivity contribution in [2.45, 2.75) is 0 Å². The molecule has 0 saturated carbocycles. The van der Waals surface area contributed by atoms with Gasteiger partial charge in [-0.3, -0.25) is 0 Å². The van der Waals surface area contributed by atoms with Crippen molar-refractivity contribution in [2.75, 3.05) is 0 Å². The molecule has 6 heteroatoms. The second-order valence-corrected chi connectivity index (χ2v) is 3.61. The Kier molecular flexibility index (Phi) is 3.90. The fraction of sp³-hybridized carbons (Fsp3) is 0. The van der Waals surface area contributed by atoms with Gasteiger partial charge < -0.3 is 10.2 Å². The second kappa shape index (κ2) is 4.74. The highest BCUT2D eigenvalue weighted by molar-refractivity contribution is 7.68. The monoisotopic (exact) mass is 237 g/mol. The lowest BCUT2D eigenvalue weighted by molar-refractivity contribution is 0.385. The van der Waals surface area contributed by atoms with E-state index < -0.39 is 5.24 Å². The van der Waals surface area contributed by atoms with Crippen molar-refractivity contribution in [3.63, 3.8) is 0 Å². The Labute approximate surface area is 88.3 Å². The van der Waals surface area contributed by atoms with Crippen LogP contribution in [0.3, 0.4) is 0 Å². The molecule has 0 aliphatic heterocycles. The number of hydrogen-bond acceptors (Lipinski definition) is 1. The van der Waals surface area contributed by atoms with Crippen LogP contribution in [-0.2, 0) is 11.1 Å². The van der Waals surface area contributed by atoms with Crippen molar-refractivity contribution < 1.29 is 10.2 Å². The molecular weight excluding hydrogens is 233 g/mol. The summed E-state index contributed by atoms with van der Waals surface area (Å²) in [5.41, 5.74) is 0.514. The molecule has 1 rings (SSSR count). The van der Waals surface area contributed by atoms with Crippen LogP contribution in [0.1, 0.15) is 0 Å². The number of benzene rings is 1. The summed E-state index contributed by atoms with van der Waals surface area (Å²) in [7, 11) is 0. The van der Waals surface area contributed by atoms with Gasteiger partial charge in [0.2, 0.25) is 0 Å². The molecule has 0 bridgehead atoms. The SMILES string of the molecule is OC(O)=S=Nc1ccc(Cl)c(Cl)c1. The maximum Gasteiger partial charge on any atom is 0.255 e. The molecule has 0 aliphatic rings. The average Bonchev–Trinajstić information content (AvgIpc) is 2.07. The van der Waals surface area contributed by atoms with E-state index in [2.05, 4.69) is 4.36 Å². The molecule has 0 aromatic heterocycles. The van der Waals surface area contributed by atoms with Gasteiger partial charge in [0.1, 0.15) is 0 Å². The molecule has 3 nitrogen and oxygen atoms in total. The van der Waals surface area contributed by atoms with Gasteiger partial charge in [0, 0.05) is 11.1 Å². The van der Waals surface area contributed by atoms with Gasteiger partial charge in [-0.05, 0) is 18.2 Å². The predicted octanol–water partition coefficient (Wildman–Crippen LogP) is 3.09. The van der Waals surface area contributed by atoms with Crippen LogP contribution in [0.5, 0.6) is 0 Å². The number of aliphatic hydroxyl groups is 2. The van der Waals surface area contributed by atoms with Crippen LogP contribution < -0.4 is 0 Å². The summed E-state index contributed by atoms with van der Waals surface area (Å²) in [4.78, 5) is 0. The van der Waals surface area contributed by atoms with Crippen LogP contribution in [-0.4, -0.2) is 15.4 Å². The molecule has 0 unspecified atom stereocenters. The van der Waals surface area contributed by atoms with E-state index in [0.717, 1.165) is 0 Å². The molecule has 0 radical (unpaired) electrons. The zero-order valence-corrected chi connectivity index (χ0v) is 8.57. The van der Waals surface area contributed by atoms with E-state index in [1.54, 1.807) is 12.1 Å². The van der Waals surface area contributed by atoms with Crippen LogP contribution in [0.15, 0.2) is 22.6 Å². The number of hydrogen-bond donors (Lipinski definition) is 2. The maximum atomic E-state index is 8.42. The summed E-state index contributed by atoms with van der Waals surface area (Å²) in [6.07, 6.45) is 0. The zero-order chi connectivity index (χ0) is 9.84. The molecule has 0 atom stereocenters. The minimum atomic E-state index is -0.814. The molecule has 1 aromatic carbocycles. The van der Waals surface area contributed by atoms with Gasteiger partial charge in [0.25, 0.3) is 5.24 Å². The third kappa shape index (κ3) is 3.46. The minimum absolute atomic E-state index is 0.376. The lowest BCUT2D eigenvalue weighted by Crippen LogP contribution is -1.87. The van der Waals surface area contributed by atoms with E-state index in [1.807, 2.05) is 0 Å². The van der Waals surface area contributed by atoms with Crippen LogP contribution in [0.4, 0.5) is 5.69 Å². The second-order valence-electron chi connectivity index (χ2n) is 2.06. The van der Waals surface area contributed by atoms with E-state index in [0.29, 0.717) is 26.9 Å². The highest BCUT2D eigenvalue weighted by Crippen LogP contribution is 2.26. The number of nitrogens with zero attached hydrogens (tertiary/aromatic N) is 1. The molecule has 13 heavy (non-hydrogen) atoms. The Bertz CT molecular complexity index is 384. The van der Waals surface area contributed by atoms with Gasteiger partial charge in [0.05, 0.1) is 15.7 Å². The van der Waals surface area contributed by atoms with E-state index in [1.165, 1.54) is 6.07 Å². The fourth-order valence-electron chi connectivity index (χ4n) is 0.635. The van der Waals surface area contributed by atoms with Crippen LogP contribution >= 0.6 is 23.2 Å². The Morgan fingerprint density at radius 3 is 2.46 bits per heavy atom. The third-order valence-electron chi connectivity index (χ3n) is 1.14. The maximum absolute atomic E-state index is 8.42. The van der Waals surface area contributed by atoms with E-state index in [4.69, 9.17) is 33.4 Å². The number of halogens is 2. The lowest BCUT2D eigenvalue weighted by Gasteiger charge is -1.94. The first kappa shape index (κ1) is 10.7. The first-order valence-electron chi connectivity index (χ1n) is 3.17. The highest BCUT2D eigenvalue weighted by Gasteiger charge is 1.96. The topological polar surface area (TPSA) is 52.8 Å². The average molecular weight is 238 g/mol. The summed E-state index contributed by atoms with van der Waals surface area (Å²) >= 11 is 11.9. The number of rotatable bonds is 1. The Balaban J connectivity index is 3.06. The van der Waals surface area contributed by atoms with Crippen molar-refractivity contribution in [1.29, 1.82) is 0 Å². The minimum Gasteiger partial charge on any atom is -0.332 e. The molecule has 0 fully saturated rings. The first-order valence-corrected chi connectivity index (χ1v) is 4.70. The summed E-state index contributed by atoms with van der Waals surface area (Å²) < 4.78 is 3.74. The van der Waals surface area contributed by atoms with E-state index in [-0.39, 0.29) is 0 Å². The van der Waals surface area contributed by atoms with E-state index >= 15 is 0 Å². The normalized spacial score (nSPS) is 9.54. The zero-order valence-electron chi connectivity index (χ0n) is 6.24. The predicted molar refractivity (Wildman–Crippen MR) is 56.2 cm³/mol. The quantitative estimate of drug-likeness (QED) is 0.738. The van der Waals surface area contributed by atoms with Gasteiger partial charge >= 0.3 is 0 Å². The molecule has 0 saturated heterocycles. The van der Waals surface area contributed by atoms with E-state index in [9.17, 15) is 0 Å². The fourth-order valence-corrected chi connectivity index (χ4v) is 1.23. The Morgan fingerprint density at radius 2 is 1.92 bits per heavy atom. The van der Waals surface area contributed by atoms with Crippen LogP contribution in [0.25, 0.3) is 0 Å². The molecule has 1 aromatic rings. The van der Waals surface area contributed by atoms with Crippen molar-refractivity contribution in [1.82, 2.24) is 0 Å². The molecular formula is C7H5Cl2NO2S. The third-order valence-corrected chi connectivity index (χ3v) is 2.34. The van der Waals surface area contributed by atoms with Crippen LogP contribution in [0, 0.1) is 0 Å². The largest absolute Gasteiger partial charge is 0.332 e. The van der Waals surface area contributed by atoms with Gasteiger partial charge in [0.15, 0.2) is 0 Å². The molecule has 70 valence electrons. The lowest BCUT2D eigenvalue weighted by atomic mass is 10.3. The molecule has 0 amide bonds. The molecule has 0 spiro atoms. The van der Waals surface area contributed by atoms with Crippen molar-refractivity contribution in [3.05, 3.63) is 28.2 Å². The van der Waals surface area contributed by atoms with Gasteiger partial charge in [-0.1, -0.05) is 23.2 Å². The van der Waals surface area contributed by atoms with Gasteiger partial charge in [-0.15, -0.1) is 0 Å². The number of aliphatic hydroxyl groups excluding tert-OH is 1. The molecule has 0 aliphatic carbocycles. The van der Waals surface area contributed by atoms with Crippen molar-refractivity contribution in [3.8, 4) is 0 Å². The van der Waals surface area contributed by atoms with Gasteiger partial charge in [-0.25, -0.2) is 0 Å².